The predicted octanol–water partition coefficient (Wildman–Crippen LogP) is 2.71. The molecule has 0 amide bonds. The van der Waals surface area contributed by atoms with Gasteiger partial charge in [0.05, 0.1) is 30.9 Å². The lowest BCUT2D eigenvalue weighted by molar-refractivity contribution is 0.395. The van der Waals surface area contributed by atoms with E-state index in [-0.39, 0.29) is 0 Å². The summed E-state index contributed by atoms with van der Waals surface area (Å²) in [6.45, 7) is 0. The van der Waals surface area contributed by atoms with Crippen LogP contribution in [0.3, 0.4) is 0 Å². The highest BCUT2D eigenvalue weighted by Gasteiger charge is 2.10. The number of hydrogen-bond acceptors (Lipinski definition) is 6. The van der Waals surface area contributed by atoms with E-state index >= 15 is 0 Å². The molecule has 2 heterocycles. The van der Waals surface area contributed by atoms with Gasteiger partial charge in [0.1, 0.15) is 10.8 Å². The maximum atomic E-state index is 5.93. The van der Waals surface area contributed by atoms with Gasteiger partial charge in [-0.2, -0.15) is 0 Å². The van der Waals surface area contributed by atoms with E-state index in [1.54, 1.807) is 26.4 Å². The van der Waals surface area contributed by atoms with Crippen LogP contribution in [-0.4, -0.2) is 29.2 Å². The van der Waals surface area contributed by atoms with Gasteiger partial charge in [0.15, 0.2) is 5.16 Å². The Bertz CT molecular complexity index is 788. The maximum Gasteiger partial charge on any atom is 0.214 e. The van der Waals surface area contributed by atoms with E-state index in [1.165, 1.54) is 11.8 Å². The number of aromatic amines is 1. The van der Waals surface area contributed by atoms with Crippen LogP contribution in [-0.2, 0) is 0 Å². The average Bonchev–Trinajstić information content (AvgIpc) is 2.90. The Hall–Kier alpha value is -2.41. The van der Waals surface area contributed by atoms with Gasteiger partial charge in [0.25, 0.3) is 0 Å². The number of H-pyrrole nitrogens is 1. The lowest BCUT2D eigenvalue weighted by Gasteiger charge is -2.04. The van der Waals surface area contributed by atoms with Crippen LogP contribution in [0.5, 0.6) is 11.6 Å². The second-order valence-electron chi connectivity index (χ2n) is 4.28. The first-order valence-corrected chi connectivity index (χ1v) is 7.03. The summed E-state index contributed by atoms with van der Waals surface area (Å²) >= 11 is 1.36. The number of imidazole rings is 1. The molecule has 108 valence electrons. The molecule has 0 spiro atoms. The third kappa shape index (κ3) is 2.73. The van der Waals surface area contributed by atoms with Gasteiger partial charge in [-0.3, -0.25) is 0 Å². The first kappa shape index (κ1) is 13.6. The van der Waals surface area contributed by atoms with Crippen LogP contribution in [0.2, 0.25) is 0 Å². The molecule has 0 saturated carbocycles. The lowest BCUT2D eigenvalue weighted by Crippen LogP contribution is -1.95. The molecule has 0 radical (unpaired) electrons. The van der Waals surface area contributed by atoms with Crippen molar-refractivity contribution in [2.75, 3.05) is 20.0 Å². The molecule has 7 heteroatoms. The molecule has 3 N–H and O–H groups in total. The molecule has 1 aromatic carbocycles. The lowest BCUT2D eigenvalue weighted by atomic mass is 10.3. The zero-order chi connectivity index (χ0) is 14.8. The van der Waals surface area contributed by atoms with Gasteiger partial charge < -0.3 is 20.2 Å². The van der Waals surface area contributed by atoms with E-state index in [0.29, 0.717) is 21.7 Å². The van der Waals surface area contributed by atoms with Crippen molar-refractivity contribution in [2.45, 2.75) is 10.2 Å². The highest BCUT2D eigenvalue weighted by molar-refractivity contribution is 7.99. The molecule has 3 aromatic rings. The zero-order valence-electron chi connectivity index (χ0n) is 11.6. The number of nitrogens with zero attached hydrogens (tertiary/aromatic N) is 2. The van der Waals surface area contributed by atoms with E-state index < -0.39 is 0 Å². The van der Waals surface area contributed by atoms with Crippen molar-refractivity contribution in [3.63, 3.8) is 0 Å². The molecular weight excluding hydrogens is 288 g/mol. The number of methoxy groups -OCH3 is 2. The minimum atomic E-state index is 0.518. The van der Waals surface area contributed by atoms with E-state index in [4.69, 9.17) is 15.2 Å². The third-order valence-electron chi connectivity index (χ3n) is 2.93. The molecule has 0 aliphatic heterocycles. The van der Waals surface area contributed by atoms with Crippen LogP contribution >= 0.6 is 11.8 Å². The van der Waals surface area contributed by atoms with Crippen LogP contribution < -0.4 is 15.2 Å². The zero-order valence-corrected chi connectivity index (χ0v) is 12.4. The minimum Gasteiger partial charge on any atom is -0.497 e. The second-order valence-corrected chi connectivity index (χ2v) is 5.25. The Morgan fingerprint density at radius 3 is 2.71 bits per heavy atom. The second kappa shape index (κ2) is 5.53. The average molecular weight is 302 g/mol. The number of nitrogen functional groups attached to an aromatic ring is 1. The standard InChI is InChI=1S/C14H14N4O2S/c1-19-8-3-5-10-11(7-8)17-14(16-10)21-13-9(15)4-6-12(18-13)20-2/h3-7H,15H2,1-2H3,(H,16,17). The molecule has 0 saturated heterocycles. The third-order valence-corrected chi connectivity index (χ3v) is 3.84. The Morgan fingerprint density at radius 1 is 1.10 bits per heavy atom. The van der Waals surface area contributed by atoms with E-state index in [2.05, 4.69) is 15.0 Å². The molecule has 0 fully saturated rings. The topological polar surface area (TPSA) is 86.1 Å². The van der Waals surface area contributed by atoms with Crippen LogP contribution in [0.25, 0.3) is 11.0 Å². The van der Waals surface area contributed by atoms with Crippen molar-refractivity contribution in [3.8, 4) is 11.6 Å². The number of aromatic nitrogens is 3. The number of pyridine rings is 1. The summed E-state index contributed by atoms with van der Waals surface area (Å²) in [6.07, 6.45) is 0. The fourth-order valence-corrected chi connectivity index (χ4v) is 2.67. The molecule has 3 rings (SSSR count). The van der Waals surface area contributed by atoms with Gasteiger partial charge in [-0.25, -0.2) is 9.97 Å². The number of rotatable bonds is 4. The number of ether oxygens (including phenoxy) is 2. The van der Waals surface area contributed by atoms with Crippen molar-refractivity contribution < 1.29 is 9.47 Å². The molecule has 0 atom stereocenters. The minimum absolute atomic E-state index is 0.518. The largest absolute Gasteiger partial charge is 0.497 e. The summed E-state index contributed by atoms with van der Waals surface area (Å²) in [5, 5.41) is 1.37. The SMILES string of the molecule is COc1ccc2nc(Sc3nc(OC)ccc3N)[nH]c2c1. The highest BCUT2D eigenvalue weighted by Crippen LogP contribution is 2.31. The first-order chi connectivity index (χ1) is 10.2. The molecule has 2 aromatic heterocycles. The van der Waals surface area contributed by atoms with Gasteiger partial charge in [-0.1, -0.05) is 0 Å². The maximum absolute atomic E-state index is 5.93. The highest BCUT2D eigenvalue weighted by atomic mass is 32.2. The normalized spacial score (nSPS) is 10.8. The van der Waals surface area contributed by atoms with Gasteiger partial charge in [-0.05, 0) is 30.0 Å². The van der Waals surface area contributed by atoms with Crippen molar-refractivity contribution in [1.29, 1.82) is 0 Å². The van der Waals surface area contributed by atoms with Crippen LogP contribution in [0.15, 0.2) is 40.5 Å². The predicted molar refractivity (Wildman–Crippen MR) is 82.0 cm³/mol. The number of fused-ring (bicyclic) bond motifs is 1. The molecule has 0 aliphatic rings. The van der Waals surface area contributed by atoms with Gasteiger partial charge >= 0.3 is 0 Å². The van der Waals surface area contributed by atoms with E-state index in [9.17, 15) is 0 Å². The quantitative estimate of drug-likeness (QED) is 0.770. The van der Waals surface area contributed by atoms with E-state index in [1.807, 2.05) is 18.2 Å². The Morgan fingerprint density at radius 2 is 1.95 bits per heavy atom. The summed E-state index contributed by atoms with van der Waals surface area (Å²) in [6, 6.07) is 9.16. The van der Waals surface area contributed by atoms with Crippen molar-refractivity contribution in [1.82, 2.24) is 15.0 Å². The summed E-state index contributed by atoms with van der Waals surface area (Å²) in [4.78, 5) is 12.0. The number of anilines is 1. The van der Waals surface area contributed by atoms with Crippen LogP contribution in [0.1, 0.15) is 0 Å². The molecule has 6 nitrogen and oxygen atoms in total. The Kier molecular flexibility index (Phi) is 3.57. The Labute approximate surface area is 125 Å². The van der Waals surface area contributed by atoms with Gasteiger partial charge in [0.2, 0.25) is 5.88 Å². The fourth-order valence-electron chi connectivity index (χ4n) is 1.86. The van der Waals surface area contributed by atoms with Crippen molar-refractivity contribution in [2.24, 2.45) is 0 Å². The summed E-state index contributed by atoms with van der Waals surface area (Å²) in [7, 11) is 3.20. The summed E-state index contributed by atoms with van der Waals surface area (Å²) in [5.41, 5.74) is 8.28. The molecular formula is C14H14N4O2S. The number of hydrogen-bond donors (Lipinski definition) is 2. The molecule has 0 bridgehead atoms. The summed E-state index contributed by atoms with van der Waals surface area (Å²) < 4.78 is 10.3. The van der Waals surface area contributed by atoms with Crippen LogP contribution in [0.4, 0.5) is 5.69 Å². The van der Waals surface area contributed by atoms with Crippen LogP contribution in [0, 0.1) is 0 Å². The summed E-state index contributed by atoms with van der Waals surface area (Å²) in [5.74, 6) is 1.30. The van der Waals surface area contributed by atoms with Gasteiger partial charge in [-0.15, -0.1) is 0 Å². The number of benzene rings is 1. The first-order valence-electron chi connectivity index (χ1n) is 6.21. The van der Waals surface area contributed by atoms with E-state index in [0.717, 1.165) is 16.8 Å². The number of nitrogens with two attached hydrogens (primary N) is 1. The van der Waals surface area contributed by atoms with Crippen molar-refractivity contribution >= 4 is 28.5 Å². The number of nitrogens with one attached hydrogen (secondary N) is 1. The molecule has 21 heavy (non-hydrogen) atoms. The smallest absolute Gasteiger partial charge is 0.214 e. The van der Waals surface area contributed by atoms with Crippen molar-refractivity contribution in [3.05, 3.63) is 30.3 Å². The Balaban J connectivity index is 1.94. The monoisotopic (exact) mass is 302 g/mol. The fraction of sp³-hybridized carbons (Fsp3) is 0.143. The van der Waals surface area contributed by atoms with Gasteiger partial charge in [0, 0.05) is 12.1 Å². The molecule has 0 aliphatic carbocycles. The molecule has 0 unspecified atom stereocenters.